The van der Waals surface area contributed by atoms with Crippen molar-refractivity contribution in [1.29, 1.82) is 0 Å². The van der Waals surface area contributed by atoms with Crippen molar-refractivity contribution in [1.82, 2.24) is 14.4 Å². The van der Waals surface area contributed by atoms with Crippen molar-refractivity contribution < 1.29 is 4.74 Å². The highest BCUT2D eigenvalue weighted by molar-refractivity contribution is 6.36. The fraction of sp³-hybridized carbons (Fsp3) is 0.400. The number of rotatable bonds is 2. The summed E-state index contributed by atoms with van der Waals surface area (Å²) < 4.78 is 7.10. The number of methoxy groups -OCH3 is 1. The van der Waals surface area contributed by atoms with Gasteiger partial charge in [-0.15, -0.1) is 0 Å². The van der Waals surface area contributed by atoms with Crippen LogP contribution >= 0.6 is 0 Å². The van der Waals surface area contributed by atoms with Crippen LogP contribution in [0.5, 0.6) is 0 Å². The number of ether oxygens (including phenoxy) is 1. The lowest BCUT2D eigenvalue weighted by molar-refractivity contribution is 0.0778. The summed E-state index contributed by atoms with van der Waals surface area (Å²) in [6.07, 6.45) is 3.72. The lowest BCUT2D eigenvalue weighted by atomic mass is 10.0. The molecule has 3 heterocycles. The van der Waals surface area contributed by atoms with Crippen molar-refractivity contribution in [3.63, 3.8) is 0 Å². The Morgan fingerprint density at radius 2 is 2.29 bits per heavy atom. The van der Waals surface area contributed by atoms with E-state index in [1.165, 1.54) is 0 Å². The Hall–Kier alpha value is -1.76. The van der Waals surface area contributed by atoms with Crippen LogP contribution in [0.3, 0.4) is 0 Å². The average molecular weight is 229 g/mol. The summed E-state index contributed by atoms with van der Waals surface area (Å²) in [6.45, 7) is 1.63. The maximum Gasteiger partial charge on any atom is 0.209 e. The van der Waals surface area contributed by atoms with E-state index in [1.807, 2.05) is 10.6 Å². The largest absolute Gasteiger partial charge is 0.382 e. The Morgan fingerprint density at radius 1 is 1.53 bits per heavy atom. The minimum atomic E-state index is 0.266. The van der Waals surface area contributed by atoms with Crippen molar-refractivity contribution >= 4 is 30.7 Å². The van der Waals surface area contributed by atoms with E-state index in [0.717, 1.165) is 19.0 Å². The number of nitrogens with two attached hydrogens (primary N) is 1. The predicted molar refractivity (Wildman–Crippen MR) is 65.8 cm³/mol. The Labute approximate surface area is 99.8 Å². The van der Waals surface area contributed by atoms with Crippen LogP contribution < -0.4 is 16.2 Å². The Bertz CT molecular complexity index is 563. The van der Waals surface area contributed by atoms with E-state index >= 15 is 0 Å². The number of aromatic nitrogens is 3. The fourth-order valence-corrected chi connectivity index (χ4v) is 2.05. The Balaban J connectivity index is 2.04. The molecule has 0 aromatic carbocycles. The van der Waals surface area contributed by atoms with Gasteiger partial charge in [0.15, 0.2) is 0 Å². The monoisotopic (exact) mass is 229 g/mol. The molecule has 3 rings (SSSR count). The van der Waals surface area contributed by atoms with Crippen LogP contribution in [0.4, 0.5) is 11.8 Å². The van der Waals surface area contributed by atoms with E-state index in [9.17, 15) is 0 Å². The lowest BCUT2D eigenvalue weighted by Crippen LogP contribution is -2.52. The molecule has 6 nitrogen and oxygen atoms in total. The molecule has 1 saturated heterocycles. The standard InChI is InChI=1S/C10H12BN5O/c1-17-6-4-15(5-6)10-14-8(11)7-9(12)13-2-3-16(7)10/h2-3,6H,4-5H2,1H3,(H2,12,13). The van der Waals surface area contributed by atoms with Gasteiger partial charge in [-0.25, -0.2) is 9.97 Å². The molecular formula is C10H12BN5O. The van der Waals surface area contributed by atoms with Gasteiger partial charge in [0, 0.05) is 38.2 Å². The van der Waals surface area contributed by atoms with Crippen LogP contribution in [0.2, 0.25) is 0 Å². The molecule has 2 aromatic rings. The molecule has 1 aliphatic rings. The fourth-order valence-electron chi connectivity index (χ4n) is 2.05. The van der Waals surface area contributed by atoms with Crippen molar-refractivity contribution in [2.45, 2.75) is 6.10 Å². The lowest BCUT2D eigenvalue weighted by Gasteiger charge is -2.38. The molecule has 1 aliphatic heterocycles. The SMILES string of the molecule is [B]c1nc(N2CC(OC)C2)n2ccnc(N)c12. The van der Waals surface area contributed by atoms with Crippen molar-refractivity contribution in [2.24, 2.45) is 0 Å². The van der Waals surface area contributed by atoms with E-state index < -0.39 is 0 Å². The molecule has 0 saturated carbocycles. The van der Waals surface area contributed by atoms with E-state index in [1.54, 1.807) is 13.3 Å². The first-order chi connectivity index (χ1) is 8.20. The van der Waals surface area contributed by atoms with Crippen molar-refractivity contribution in [2.75, 3.05) is 30.8 Å². The van der Waals surface area contributed by atoms with E-state index in [2.05, 4.69) is 14.9 Å². The van der Waals surface area contributed by atoms with Gasteiger partial charge in [0.25, 0.3) is 0 Å². The van der Waals surface area contributed by atoms with Crippen molar-refractivity contribution in [3.8, 4) is 0 Å². The first-order valence-corrected chi connectivity index (χ1v) is 5.36. The molecule has 17 heavy (non-hydrogen) atoms. The van der Waals surface area contributed by atoms with Crippen LogP contribution in [0.25, 0.3) is 5.52 Å². The number of imidazole rings is 1. The molecule has 0 unspecified atom stereocenters. The third kappa shape index (κ3) is 1.46. The van der Waals surface area contributed by atoms with Crippen LogP contribution in [0.15, 0.2) is 12.4 Å². The topological polar surface area (TPSA) is 68.7 Å². The Morgan fingerprint density at radius 3 is 3.00 bits per heavy atom. The Kier molecular flexibility index (Phi) is 2.22. The van der Waals surface area contributed by atoms with Crippen LogP contribution in [-0.2, 0) is 4.74 Å². The van der Waals surface area contributed by atoms with Crippen molar-refractivity contribution in [3.05, 3.63) is 12.4 Å². The van der Waals surface area contributed by atoms with Gasteiger partial charge in [-0.05, 0) is 0 Å². The third-order valence-electron chi connectivity index (χ3n) is 3.06. The van der Waals surface area contributed by atoms with Gasteiger partial charge in [-0.2, -0.15) is 0 Å². The molecule has 0 aliphatic carbocycles. The molecule has 0 amide bonds. The van der Waals surface area contributed by atoms with Crippen LogP contribution in [0.1, 0.15) is 0 Å². The molecule has 1 fully saturated rings. The van der Waals surface area contributed by atoms with E-state index in [-0.39, 0.29) is 6.10 Å². The third-order valence-corrected chi connectivity index (χ3v) is 3.06. The maximum absolute atomic E-state index is 5.85. The molecular weight excluding hydrogens is 217 g/mol. The summed E-state index contributed by atoms with van der Waals surface area (Å²) in [4.78, 5) is 10.4. The average Bonchev–Trinajstić information content (AvgIpc) is 2.56. The zero-order chi connectivity index (χ0) is 12.0. The zero-order valence-corrected chi connectivity index (χ0v) is 9.50. The second-order valence-electron chi connectivity index (χ2n) is 4.09. The number of anilines is 2. The van der Waals surface area contributed by atoms with Crippen LogP contribution in [0, 0.1) is 0 Å². The molecule has 0 spiro atoms. The predicted octanol–water partition coefficient (Wildman–Crippen LogP) is -1.06. The van der Waals surface area contributed by atoms with Gasteiger partial charge < -0.3 is 15.4 Å². The smallest absolute Gasteiger partial charge is 0.209 e. The normalized spacial score (nSPS) is 16.4. The molecule has 7 heteroatoms. The highest BCUT2D eigenvalue weighted by Gasteiger charge is 2.30. The van der Waals surface area contributed by atoms with Gasteiger partial charge in [-0.1, -0.05) is 0 Å². The second-order valence-corrected chi connectivity index (χ2v) is 4.09. The number of nitrogen functional groups attached to an aromatic ring is 1. The molecule has 2 N–H and O–H groups in total. The minimum Gasteiger partial charge on any atom is -0.382 e. The summed E-state index contributed by atoms with van der Waals surface area (Å²) >= 11 is 0. The van der Waals surface area contributed by atoms with Gasteiger partial charge in [0.2, 0.25) is 5.95 Å². The van der Waals surface area contributed by atoms with E-state index in [0.29, 0.717) is 16.9 Å². The summed E-state index contributed by atoms with van der Waals surface area (Å²) in [7, 11) is 7.56. The first kappa shape index (κ1) is 10.4. The summed E-state index contributed by atoms with van der Waals surface area (Å²) in [5.41, 5.74) is 6.87. The van der Waals surface area contributed by atoms with Crippen LogP contribution in [-0.4, -0.2) is 48.5 Å². The van der Waals surface area contributed by atoms with Gasteiger partial charge in [-0.3, -0.25) is 4.40 Å². The number of hydrogen-bond acceptors (Lipinski definition) is 5. The van der Waals surface area contributed by atoms with Gasteiger partial charge in [0.05, 0.1) is 6.10 Å². The first-order valence-electron chi connectivity index (χ1n) is 5.36. The number of fused-ring (bicyclic) bond motifs is 1. The zero-order valence-electron chi connectivity index (χ0n) is 9.50. The molecule has 2 radical (unpaired) electrons. The number of hydrogen-bond donors (Lipinski definition) is 1. The van der Waals surface area contributed by atoms with Gasteiger partial charge in [0.1, 0.15) is 19.2 Å². The van der Waals surface area contributed by atoms with E-state index in [4.69, 9.17) is 18.3 Å². The minimum absolute atomic E-state index is 0.266. The summed E-state index contributed by atoms with van der Waals surface area (Å²) in [5, 5.41) is 0. The highest BCUT2D eigenvalue weighted by Crippen LogP contribution is 2.22. The van der Waals surface area contributed by atoms with Gasteiger partial charge >= 0.3 is 0 Å². The maximum atomic E-state index is 5.85. The summed E-state index contributed by atoms with van der Waals surface area (Å²) in [6, 6.07) is 0. The molecule has 2 aromatic heterocycles. The molecule has 0 atom stereocenters. The summed E-state index contributed by atoms with van der Waals surface area (Å²) in [5.74, 6) is 1.19. The number of nitrogens with zero attached hydrogens (tertiary/aromatic N) is 4. The molecule has 86 valence electrons. The quantitative estimate of drug-likeness (QED) is 0.665. The highest BCUT2D eigenvalue weighted by atomic mass is 16.5. The molecule has 0 bridgehead atoms. The second kappa shape index (κ2) is 3.63.